The van der Waals surface area contributed by atoms with E-state index in [2.05, 4.69) is 6.92 Å². The fourth-order valence-electron chi connectivity index (χ4n) is 3.01. The lowest BCUT2D eigenvalue weighted by Crippen LogP contribution is -2.41. The first-order valence-corrected chi connectivity index (χ1v) is 10.1. The van der Waals surface area contributed by atoms with E-state index >= 15 is 0 Å². The van der Waals surface area contributed by atoms with Gasteiger partial charge in [-0.25, -0.2) is 8.42 Å². The number of carbonyl (C=O) groups is 1. The van der Waals surface area contributed by atoms with Crippen molar-refractivity contribution in [3.63, 3.8) is 0 Å². The molecule has 1 fully saturated rings. The smallest absolute Gasteiger partial charge is 0.223 e. The Morgan fingerprint density at radius 1 is 1.35 bits per heavy atom. The number of carbonyl (C=O) groups excluding carboxylic acids is 1. The quantitative estimate of drug-likeness (QED) is 0.771. The van der Waals surface area contributed by atoms with Gasteiger partial charge in [0.1, 0.15) is 0 Å². The topological polar surface area (TPSA) is 80.5 Å². The van der Waals surface area contributed by atoms with Gasteiger partial charge in [0.2, 0.25) is 5.91 Å². The Labute approximate surface area is 138 Å². The maximum atomic E-state index is 12.6. The predicted octanol–water partition coefficient (Wildman–Crippen LogP) is 2.02. The van der Waals surface area contributed by atoms with E-state index in [1.54, 1.807) is 4.90 Å². The highest BCUT2D eigenvalue weighted by Crippen LogP contribution is 2.20. The Morgan fingerprint density at radius 2 is 2.09 bits per heavy atom. The molecule has 0 spiro atoms. The molecule has 2 N–H and O–H groups in total. The van der Waals surface area contributed by atoms with Crippen LogP contribution in [0.3, 0.4) is 0 Å². The van der Waals surface area contributed by atoms with Gasteiger partial charge in [-0.15, -0.1) is 0 Å². The van der Waals surface area contributed by atoms with Crippen LogP contribution in [0.25, 0.3) is 0 Å². The van der Waals surface area contributed by atoms with Gasteiger partial charge < -0.3 is 10.6 Å². The lowest BCUT2D eigenvalue weighted by Gasteiger charge is -2.28. The third-order valence-corrected chi connectivity index (χ3v) is 6.14. The lowest BCUT2D eigenvalue weighted by atomic mass is 10.1. The third kappa shape index (κ3) is 4.96. The molecule has 1 unspecified atom stereocenters. The van der Waals surface area contributed by atoms with Gasteiger partial charge >= 0.3 is 0 Å². The van der Waals surface area contributed by atoms with E-state index in [0.29, 0.717) is 31.5 Å². The van der Waals surface area contributed by atoms with Crippen molar-refractivity contribution >= 4 is 21.4 Å². The average Bonchev–Trinajstić information content (AvgIpc) is 2.87. The van der Waals surface area contributed by atoms with Gasteiger partial charge in [-0.3, -0.25) is 4.79 Å². The predicted molar refractivity (Wildman–Crippen MR) is 92.9 cm³/mol. The maximum absolute atomic E-state index is 12.6. The van der Waals surface area contributed by atoms with Gasteiger partial charge in [-0.05, 0) is 30.9 Å². The molecule has 0 radical (unpaired) electrons. The van der Waals surface area contributed by atoms with E-state index in [4.69, 9.17) is 5.73 Å². The minimum absolute atomic E-state index is 0.0313. The maximum Gasteiger partial charge on any atom is 0.223 e. The summed E-state index contributed by atoms with van der Waals surface area (Å²) in [6.07, 6.45) is 3.40. The number of unbranched alkanes of at least 4 members (excludes halogenated alkanes) is 1. The van der Waals surface area contributed by atoms with E-state index < -0.39 is 9.84 Å². The van der Waals surface area contributed by atoms with E-state index in [1.807, 2.05) is 24.3 Å². The van der Waals surface area contributed by atoms with Crippen molar-refractivity contribution in [2.45, 2.75) is 45.1 Å². The van der Waals surface area contributed by atoms with Crippen LogP contribution >= 0.6 is 0 Å². The van der Waals surface area contributed by atoms with Gasteiger partial charge in [-0.1, -0.05) is 31.5 Å². The largest absolute Gasteiger partial charge is 0.399 e. The highest BCUT2D eigenvalue weighted by atomic mass is 32.2. The van der Waals surface area contributed by atoms with Crippen LogP contribution in [0.4, 0.5) is 5.69 Å². The highest BCUT2D eigenvalue weighted by Gasteiger charge is 2.34. The summed E-state index contributed by atoms with van der Waals surface area (Å²) in [5, 5.41) is 0. The summed E-state index contributed by atoms with van der Waals surface area (Å²) < 4.78 is 23.4. The number of nitrogens with zero attached hydrogens (tertiary/aromatic N) is 1. The van der Waals surface area contributed by atoms with Crippen LogP contribution in [-0.2, 0) is 21.1 Å². The molecule has 1 aliphatic rings. The second-order valence-electron chi connectivity index (χ2n) is 6.20. The molecule has 0 bridgehead atoms. The summed E-state index contributed by atoms with van der Waals surface area (Å²) in [6, 6.07) is 7.39. The molecular weight excluding hydrogens is 312 g/mol. The normalized spacial score (nSPS) is 19.6. The van der Waals surface area contributed by atoms with Crippen molar-refractivity contribution in [3.05, 3.63) is 29.8 Å². The van der Waals surface area contributed by atoms with Gasteiger partial charge in [0.25, 0.3) is 0 Å². The van der Waals surface area contributed by atoms with Gasteiger partial charge in [-0.2, -0.15) is 0 Å². The first kappa shape index (κ1) is 17.8. The van der Waals surface area contributed by atoms with Gasteiger partial charge in [0.15, 0.2) is 9.84 Å². The number of nitrogens with two attached hydrogens (primary N) is 1. The monoisotopic (exact) mass is 338 g/mol. The lowest BCUT2D eigenvalue weighted by molar-refractivity contribution is -0.133. The average molecular weight is 338 g/mol. The molecule has 128 valence electrons. The number of sulfone groups is 1. The molecule has 5 nitrogen and oxygen atoms in total. The van der Waals surface area contributed by atoms with Crippen LogP contribution in [0.5, 0.6) is 0 Å². The van der Waals surface area contributed by atoms with Gasteiger partial charge in [0, 0.05) is 24.7 Å². The summed E-state index contributed by atoms with van der Waals surface area (Å²) >= 11 is 0. The molecule has 1 aromatic rings. The second-order valence-corrected chi connectivity index (χ2v) is 8.43. The Bertz CT molecular complexity index is 643. The Balaban J connectivity index is 2.00. The van der Waals surface area contributed by atoms with Crippen molar-refractivity contribution in [3.8, 4) is 0 Å². The number of rotatable bonds is 7. The van der Waals surface area contributed by atoms with Crippen molar-refractivity contribution in [2.24, 2.45) is 0 Å². The summed E-state index contributed by atoms with van der Waals surface area (Å²) in [7, 11) is -2.99. The number of hydrogen-bond acceptors (Lipinski definition) is 4. The number of anilines is 1. The first-order chi connectivity index (χ1) is 10.9. The minimum Gasteiger partial charge on any atom is -0.399 e. The zero-order valence-corrected chi connectivity index (χ0v) is 14.5. The molecule has 1 aliphatic heterocycles. The molecule has 0 aromatic heterocycles. The number of para-hydroxylation sites is 1. The Morgan fingerprint density at radius 3 is 2.70 bits per heavy atom. The molecule has 0 aliphatic carbocycles. The summed E-state index contributed by atoms with van der Waals surface area (Å²) in [6.45, 7) is 2.71. The van der Waals surface area contributed by atoms with Crippen LogP contribution in [0.1, 0.15) is 38.2 Å². The number of amides is 1. The first-order valence-electron chi connectivity index (χ1n) is 8.26. The van der Waals surface area contributed by atoms with Crippen LogP contribution in [0.2, 0.25) is 0 Å². The summed E-state index contributed by atoms with van der Waals surface area (Å²) in [5.41, 5.74) is 7.58. The molecule has 23 heavy (non-hydrogen) atoms. The van der Waals surface area contributed by atoms with E-state index in [1.165, 1.54) is 0 Å². The molecule has 6 heteroatoms. The van der Waals surface area contributed by atoms with Crippen molar-refractivity contribution in [2.75, 3.05) is 23.8 Å². The molecule has 1 atom stereocenters. The van der Waals surface area contributed by atoms with Crippen LogP contribution in [0, 0.1) is 0 Å². The van der Waals surface area contributed by atoms with Crippen molar-refractivity contribution in [1.29, 1.82) is 0 Å². The second kappa shape index (κ2) is 7.81. The molecule has 2 rings (SSSR count). The third-order valence-electron chi connectivity index (χ3n) is 4.39. The summed E-state index contributed by atoms with van der Waals surface area (Å²) in [5.74, 6) is 0.332. The molecule has 1 saturated heterocycles. The molecule has 1 aromatic carbocycles. The molecule has 1 amide bonds. The van der Waals surface area contributed by atoms with E-state index in [0.717, 1.165) is 18.4 Å². The zero-order chi connectivity index (χ0) is 16.9. The molecule has 1 heterocycles. The highest BCUT2D eigenvalue weighted by molar-refractivity contribution is 7.91. The number of hydrogen-bond donors (Lipinski definition) is 1. The Kier molecular flexibility index (Phi) is 6.04. The Hall–Kier alpha value is -1.56. The SMILES string of the molecule is CCCCN(C(=O)CCc1ccccc1N)C1CCS(=O)(=O)C1. The van der Waals surface area contributed by atoms with E-state index in [9.17, 15) is 13.2 Å². The van der Waals surface area contributed by atoms with Crippen LogP contribution in [-0.4, -0.2) is 43.3 Å². The summed E-state index contributed by atoms with van der Waals surface area (Å²) in [4.78, 5) is 14.4. The minimum atomic E-state index is -2.99. The standard InChI is InChI=1S/C17H26N2O3S/c1-2-3-11-19(15-10-12-23(21,22)13-15)17(20)9-8-14-6-4-5-7-16(14)18/h4-7,15H,2-3,8-13,18H2,1H3. The van der Waals surface area contributed by atoms with Crippen molar-refractivity contribution in [1.82, 2.24) is 4.90 Å². The number of benzene rings is 1. The van der Waals surface area contributed by atoms with Crippen LogP contribution in [0.15, 0.2) is 24.3 Å². The zero-order valence-electron chi connectivity index (χ0n) is 13.7. The fourth-order valence-corrected chi connectivity index (χ4v) is 4.74. The number of aryl methyl sites for hydroxylation is 1. The molecular formula is C17H26N2O3S. The number of nitrogen functional groups attached to an aromatic ring is 1. The van der Waals surface area contributed by atoms with Crippen molar-refractivity contribution < 1.29 is 13.2 Å². The van der Waals surface area contributed by atoms with Gasteiger partial charge in [0.05, 0.1) is 11.5 Å². The fraction of sp³-hybridized carbons (Fsp3) is 0.588. The van der Waals surface area contributed by atoms with Crippen LogP contribution < -0.4 is 5.73 Å². The van der Waals surface area contributed by atoms with E-state index in [-0.39, 0.29) is 23.5 Å². The molecule has 0 saturated carbocycles.